The lowest BCUT2D eigenvalue weighted by Crippen LogP contribution is -2.67. The number of aliphatic hydroxyl groups is 1. The summed E-state index contributed by atoms with van der Waals surface area (Å²) >= 11 is 14.4. The average Bonchev–Trinajstić information content (AvgIpc) is 2.89. The van der Waals surface area contributed by atoms with Crippen molar-refractivity contribution in [3.05, 3.63) is 36.0 Å². The van der Waals surface area contributed by atoms with Gasteiger partial charge in [-0.15, -0.1) is 23.2 Å². The van der Waals surface area contributed by atoms with Crippen molar-refractivity contribution in [3.63, 3.8) is 0 Å². The van der Waals surface area contributed by atoms with Gasteiger partial charge in [0.1, 0.15) is 5.60 Å². The smallest absolute Gasteiger partial charge is 0.303 e. The van der Waals surface area contributed by atoms with Crippen LogP contribution in [0.3, 0.4) is 0 Å². The first-order valence-electron chi connectivity index (χ1n) is 10.7. The maximum atomic E-state index is 13.1. The molecule has 0 aromatic heterocycles. The summed E-state index contributed by atoms with van der Waals surface area (Å²) in [6, 6.07) is 0. The predicted molar refractivity (Wildman–Crippen MR) is 118 cm³/mol. The maximum absolute atomic E-state index is 13.1. The number of ketones is 2. The maximum Gasteiger partial charge on any atom is 0.303 e. The fourth-order valence-corrected chi connectivity index (χ4v) is 7.99. The molecule has 0 heterocycles. The summed E-state index contributed by atoms with van der Waals surface area (Å²) in [5.41, 5.74) is -2.34. The highest BCUT2D eigenvalue weighted by Crippen LogP contribution is 2.71. The highest BCUT2D eigenvalue weighted by Gasteiger charge is 2.74. The third-order valence-electron chi connectivity index (χ3n) is 8.58. The molecule has 0 aromatic rings. The van der Waals surface area contributed by atoms with Gasteiger partial charge < -0.3 is 9.84 Å². The molecule has 2 saturated carbocycles. The molecule has 7 heteroatoms. The molecule has 4 rings (SSSR count). The van der Waals surface area contributed by atoms with Gasteiger partial charge in [-0.05, 0) is 42.4 Å². The Hall–Kier alpha value is -1.43. The SMILES string of the molecule is CC(=O)OCC(=O)[C@@]1(O)C(C)C[C@H]2[C@@H]3C=CC4=CC(=O)C=C[C@]4(C)[C@@]3(Cl)C(Cl)C[C@@]21C. The number of hydrogen-bond donors (Lipinski definition) is 1. The van der Waals surface area contributed by atoms with Crippen LogP contribution in [0.15, 0.2) is 36.0 Å². The molecule has 0 saturated heterocycles. The van der Waals surface area contributed by atoms with Gasteiger partial charge in [-0.2, -0.15) is 0 Å². The van der Waals surface area contributed by atoms with E-state index < -0.39 is 45.0 Å². The number of ether oxygens (including phenoxy) is 1. The van der Waals surface area contributed by atoms with Crippen molar-refractivity contribution < 1.29 is 24.2 Å². The molecule has 0 spiro atoms. The number of allylic oxidation sites excluding steroid dienone is 6. The number of rotatable bonds is 3. The largest absolute Gasteiger partial charge is 0.458 e. The molecule has 4 aliphatic rings. The molecule has 2 unspecified atom stereocenters. The Labute approximate surface area is 192 Å². The Balaban J connectivity index is 1.80. The number of esters is 1. The number of carbonyl (C=O) groups is 3. The van der Waals surface area contributed by atoms with Gasteiger partial charge in [0, 0.05) is 23.7 Å². The first-order valence-corrected chi connectivity index (χ1v) is 11.5. The van der Waals surface area contributed by atoms with Crippen molar-refractivity contribution in [2.75, 3.05) is 6.61 Å². The van der Waals surface area contributed by atoms with E-state index in [0.29, 0.717) is 12.8 Å². The standard InChI is InChI=1S/C24H28Cl2O5/c1-13-9-18-17-6-5-15-10-16(28)7-8-21(15,3)23(17,26)19(25)11-22(18,4)24(13,30)20(29)12-31-14(2)27/h5-8,10,13,17-19,30H,9,11-12H2,1-4H3/t13?,17-,18-,19?,21-,22-,23-,24-/m0/s1. The lowest BCUT2D eigenvalue weighted by molar-refractivity contribution is -0.170. The van der Waals surface area contributed by atoms with Crippen LogP contribution in [0.1, 0.15) is 40.5 Å². The number of Topliss-reactive ketones (excluding diaryl/α,β-unsaturated/α-hetero) is 1. The van der Waals surface area contributed by atoms with Crippen molar-refractivity contribution in [2.24, 2.45) is 28.6 Å². The van der Waals surface area contributed by atoms with E-state index in [-0.39, 0.29) is 23.5 Å². The first-order chi connectivity index (χ1) is 14.3. The zero-order chi connectivity index (χ0) is 23.0. The molecule has 0 aliphatic heterocycles. The van der Waals surface area contributed by atoms with Crippen LogP contribution in [-0.4, -0.2) is 45.1 Å². The van der Waals surface area contributed by atoms with E-state index in [4.69, 9.17) is 27.9 Å². The molecule has 5 nitrogen and oxygen atoms in total. The van der Waals surface area contributed by atoms with Gasteiger partial charge in [-0.1, -0.05) is 39.0 Å². The Kier molecular flexibility index (Phi) is 5.16. The zero-order valence-electron chi connectivity index (χ0n) is 18.2. The number of hydrogen-bond acceptors (Lipinski definition) is 5. The fourth-order valence-electron chi connectivity index (χ4n) is 6.82. The van der Waals surface area contributed by atoms with Crippen LogP contribution in [0, 0.1) is 28.6 Å². The molecule has 0 aromatic carbocycles. The van der Waals surface area contributed by atoms with Crippen LogP contribution in [0.5, 0.6) is 0 Å². The van der Waals surface area contributed by atoms with Crippen LogP contribution in [0.2, 0.25) is 0 Å². The summed E-state index contributed by atoms with van der Waals surface area (Å²) in [5.74, 6) is -1.82. The highest BCUT2D eigenvalue weighted by molar-refractivity contribution is 6.34. The minimum Gasteiger partial charge on any atom is -0.458 e. The van der Waals surface area contributed by atoms with Gasteiger partial charge >= 0.3 is 5.97 Å². The molecule has 0 bridgehead atoms. The lowest BCUT2D eigenvalue weighted by Gasteiger charge is -2.62. The normalized spacial score (nSPS) is 47.8. The quantitative estimate of drug-likeness (QED) is 0.505. The average molecular weight is 467 g/mol. The molecule has 2 fully saturated rings. The van der Waals surface area contributed by atoms with E-state index in [9.17, 15) is 19.5 Å². The Morgan fingerprint density at radius 3 is 2.61 bits per heavy atom. The summed E-state index contributed by atoms with van der Waals surface area (Å²) in [5, 5.41) is 11.2. The Bertz CT molecular complexity index is 954. The van der Waals surface area contributed by atoms with Crippen molar-refractivity contribution in [3.8, 4) is 0 Å². The van der Waals surface area contributed by atoms with Gasteiger partial charge in [0.05, 0.1) is 10.3 Å². The van der Waals surface area contributed by atoms with E-state index in [1.807, 2.05) is 39.0 Å². The number of alkyl halides is 2. The van der Waals surface area contributed by atoms with Crippen LogP contribution in [0.4, 0.5) is 0 Å². The van der Waals surface area contributed by atoms with Crippen molar-refractivity contribution in [2.45, 2.75) is 56.4 Å². The van der Waals surface area contributed by atoms with Crippen molar-refractivity contribution in [1.82, 2.24) is 0 Å². The lowest BCUT2D eigenvalue weighted by atomic mass is 9.48. The summed E-state index contributed by atoms with van der Waals surface area (Å²) < 4.78 is 4.93. The molecule has 8 atom stereocenters. The number of halogens is 2. The van der Waals surface area contributed by atoms with Gasteiger partial charge in [0.25, 0.3) is 0 Å². The molecule has 0 amide bonds. The second-order valence-corrected chi connectivity index (χ2v) is 11.1. The number of fused-ring (bicyclic) bond motifs is 5. The van der Waals surface area contributed by atoms with Gasteiger partial charge in [-0.25, -0.2) is 0 Å². The molecule has 4 aliphatic carbocycles. The molecule has 168 valence electrons. The van der Waals surface area contributed by atoms with Crippen LogP contribution >= 0.6 is 23.2 Å². The van der Waals surface area contributed by atoms with E-state index in [1.165, 1.54) is 13.0 Å². The Morgan fingerprint density at radius 1 is 1.29 bits per heavy atom. The van der Waals surface area contributed by atoms with Gasteiger partial charge in [-0.3, -0.25) is 14.4 Å². The molecular formula is C24H28Cl2O5. The third-order valence-corrected chi connectivity index (χ3v) is 10.1. The summed E-state index contributed by atoms with van der Waals surface area (Å²) in [6.45, 7) is 6.53. The molecular weight excluding hydrogens is 439 g/mol. The van der Waals surface area contributed by atoms with Gasteiger partial charge in [0.2, 0.25) is 5.78 Å². The first kappa shape index (κ1) is 22.8. The van der Waals surface area contributed by atoms with Crippen molar-refractivity contribution in [1.29, 1.82) is 0 Å². The minimum atomic E-state index is -1.68. The second-order valence-electron chi connectivity index (χ2n) is 9.99. The topological polar surface area (TPSA) is 80.7 Å². The highest BCUT2D eigenvalue weighted by atomic mass is 35.5. The summed E-state index contributed by atoms with van der Waals surface area (Å²) in [6.07, 6.45) is 9.84. The Morgan fingerprint density at radius 2 is 1.97 bits per heavy atom. The van der Waals surface area contributed by atoms with E-state index in [2.05, 4.69) is 0 Å². The third kappa shape index (κ3) is 2.75. The van der Waals surface area contributed by atoms with Crippen LogP contribution < -0.4 is 0 Å². The van der Waals surface area contributed by atoms with Crippen LogP contribution in [0.25, 0.3) is 0 Å². The summed E-state index contributed by atoms with van der Waals surface area (Å²) in [7, 11) is 0. The van der Waals surface area contributed by atoms with Crippen molar-refractivity contribution >= 4 is 40.7 Å². The second kappa shape index (κ2) is 7.03. The monoisotopic (exact) mass is 466 g/mol. The molecule has 1 N–H and O–H groups in total. The zero-order valence-corrected chi connectivity index (χ0v) is 19.7. The van der Waals surface area contributed by atoms with Crippen LogP contribution in [-0.2, 0) is 19.1 Å². The fraction of sp³-hybridized carbons (Fsp3) is 0.625. The predicted octanol–water partition coefficient (Wildman–Crippen LogP) is 3.76. The molecule has 0 radical (unpaired) electrons. The van der Waals surface area contributed by atoms with E-state index in [1.54, 1.807) is 6.08 Å². The van der Waals surface area contributed by atoms with E-state index >= 15 is 0 Å². The van der Waals surface area contributed by atoms with Gasteiger partial charge in [0.15, 0.2) is 12.4 Å². The molecule has 31 heavy (non-hydrogen) atoms. The number of carbonyl (C=O) groups excluding carboxylic acids is 3. The van der Waals surface area contributed by atoms with E-state index in [0.717, 1.165) is 5.57 Å². The summed E-state index contributed by atoms with van der Waals surface area (Å²) in [4.78, 5) is 35.4. The minimum absolute atomic E-state index is 0.0810.